The predicted octanol–water partition coefficient (Wildman–Crippen LogP) is 3.59. The van der Waals surface area contributed by atoms with Gasteiger partial charge in [-0.3, -0.25) is 0 Å². The Morgan fingerprint density at radius 2 is 1.89 bits per heavy atom. The zero-order valence-corrected chi connectivity index (χ0v) is 12.1. The molecule has 0 aromatic heterocycles. The Hall–Kier alpha value is -2.09. The number of nitrogens with zero attached hydrogens (tertiary/aromatic N) is 2. The first kappa shape index (κ1) is 13.3. The Balaban J connectivity index is 2.49. The van der Waals surface area contributed by atoms with Crippen molar-refractivity contribution in [3.05, 3.63) is 59.8 Å². The van der Waals surface area contributed by atoms with Crippen molar-refractivity contribution in [2.24, 2.45) is 0 Å². The number of hydrazine groups is 1. The summed E-state index contributed by atoms with van der Waals surface area (Å²) in [4.78, 5) is 0. The molecule has 0 spiro atoms. The number of allylic oxidation sites excluding steroid dienone is 1. The van der Waals surface area contributed by atoms with Crippen LogP contribution in [-0.2, 0) is 0 Å². The molecule has 0 amide bonds. The molecule has 0 unspecified atom stereocenters. The highest BCUT2D eigenvalue weighted by atomic mass is 15.5. The van der Waals surface area contributed by atoms with Gasteiger partial charge in [0.2, 0.25) is 6.21 Å². The average Bonchev–Trinajstić information content (AvgIpc) is 2.41. The van der Waals surface area contributed by atoms with Crippen molar-refractivity contribution < 1.29 is 4.68 Å². The molecule has 0 saturated carbocycles. The zero-order valence-electron chi connectivity index (χ0n) is 12.1. The van der Waals surface area contributed by atoms with Gasteiger partial charge < -0.3 is 0 Å². The summed E-state index contributed by atoms with van der Waals surface area (Å²) >= 11 is 0. The summed E-state index contributed by atoms with van der Waals surface area (Å²) in [5.41, 5.74) is 3.55. The molecule has 2 rings (SSSR count). The SMILES string of the molecule is C=C(C)N(C)/[N+](C)=C/c1ccc2ccccc2c1C. The molecule has 0 aliphatic carbocycles. The van der Waals surface area contributed by atoms with Crippen LogP contribution in [0.1, 0.15) is 18.1 Å². The summed E-state index contributed by atoms with van der Waals surface area (Å²) in [6.45, 7) is 8.12. The van der Waals surface area contributed by atoms with Gasteiger partial charge in [0.05, 0.1) is 12.7 Å². The Kier molecular flexibility index (Phi) is 3.70. The quantitative estimate of drug-likeness (QED) is 0.460. The normalized spacial score (nSPS) is 11.7. The topological polar surface area (TPSA) is 6.25 Å². The van der Waals surface area contributed by atoms with E-state index in [1.165, 1.54) is 21.9 Å². The lowest BCUT2D eigenvalue weighted by Gasteiger charge is -2.13. The Morgan fingerprint density at radius 1 is 1.21 bits per heavy atom. The number of hydrogen-bond acceptors (Lipinski definition) is 1. The van der Waals surface area contributed by atoms with Crippen molar-refractivity contribution in [1.82, 2.24) is 5.01 Å². The van der Waals surface area contributed by atoms with Crippen molar-refractivity contribution in [3.63, 3.8) is 0 Å². The van der Waals surface area contributed by atoms with Crippen LogP contribution >= 0.6 is 0 Å². The number of hydrogen-bond donors (Lipinski definition) is 0. The second-order valence-corrected chi connectivity index (χ2v) is 4.96. The fraction of sp³-hybridized carbons (Fsp3) is 0.235. The van der Waals surface area contributed by atoms with Gasteiger partial charge in [0.25, 0.3) is 0 Å². The van der Waals surface area contributed by atoms with Crippen molar-refractivity contribution in [3.8, 4) is 0 Å². The van der Waals surface area contributed by atoms with E-state index >= 15 is 0 Å². The minimum Gasteiger partial charge on any atom is -0.162 e. The average molecular weight is 253 g/mol. The molecule has 2 nitrogen and oxygen atoms in total. The van der Waals surface area contributed by atoms with Crippen LogP contribution in [0, 0.1) is 6.92 Å². The lowest BCUT2D eigenvalue weighted by molar-refractivity contribution is -0.646. The van der Waals surface area contributed by atoms with Crippen LogP contribution < -0.4 is 0 Å². The summed E-state index contributed by atoms with van der Waals surface area (Å²) in [6, 6.07) is 12.8. The molecule has 0 bridgehead atoms. The van der Waals surface area contributed by atoms with Gasteiger partial charge in [-0.1, -0.05) is 36.9 Å². The Labute approximate surface area is 115 Å². The monoisotopic (exact) mass is 253 g/mol. The van der Waals surface area contributed by atoms with Crippen LogP contribution in [0.15, 0.2) is 48.7 Å². The van der Waals surface area contributed by atoms with Crippen LogP contribution in [0.3, 0.4) is 0 Å². The van der Waals surface area contributed by atoms with Crippen LogP contribution in [0.25, 0.3) is 10.8 Å². The minimum atomic E-state index is 1.01. The largest absolute Gasteiger partial charge is 0.201 e. The van der Waals surface area contributed by atoms with Gasteiger partial charge in [-0.05, 0) is 36.2 Å². The van der Waals surface area contributed by atoms with E-state index in [0.717, 1.165) is 5.70 Å². The Morgan fingerprint density at radius 3 is 2.58 bits per heavy atom. The molecule has 0 saturated heterocycles. The van der Waals surface area contributed by atoms with E-state index in [1.807, 2.05) is 26.0 Å². The molecule has 2 heteroatoms. The van der Waals surface area contributed by atoms with Crippen LogP contribution in [0.4, 0.5) is 0 Å². The maximum absolute atomic E-state index is 3.95. The van der Waals surface area contributed by atoms with E-state index in [-0.39, 0.29) is 0 Å². The van der Waals surface area contributed by atoms with E-state index in [9.17, 15) is 0 Å². The fourth-order valence-corrected chi connectivity index (χ4v) is 2.14. The second-order valence-electron chi connectivity index (χ2n) is 4.96. The smallest absolute Gasteiger partial charge is 0.162 e. The van der Waals surface area contributed by atoms with E-state index in [2.05, 4.69) is 60.8 Å². The Bertz CT molecular complexity index is 653. The zero-order chi connectivity index (χ0) is 14.0. The van der Waals surface area contributed by atoms with Crippen LogP contribution in [0.2, 0.25) is 0 Å². The molecule has 0 heterocycles. The summed E-state index contributed by atoms with van der Waals surface area (Å²) in [5.74, 6) is 0. The standard InChI is InChI=1S/C17H21N2/c1-13(2)19(5)18(4)12-16-11-10-15-8-6-7-9-17(15)14(16)3/h6-12H,1H2,2-5H3/q+1/b18-12+. The fourth-order valence-electron chi connectivity index (χ4n) is 2.14. The van der Waals surface area contributed by atoms with Gasteiger partial charge in [0.15, 0.2) is 7.05 Å². The minimum absolute atomic E-state index is 1.01. The summed E-state index contributed by atoms with van der Waals surface area (Å²) in [5, 5.41) is 4.62. The first-order valence-electron chi connectivity index (χ1n) is 6.46. The third kappa shape index (κ3) is 2.68. The van der Waals surface area contributed by atoms with Gasteiger partial charge in [0.1, 0.15) is 0 Å². The van der Waals surface area contributed by atoms with E-state index in [4.69, 9.17) is 0 Å². The molecular formula is C17H21N2+. The van der Waals surface area contributed by atoms with E-state index in [0.29, 0.717) is 0 Å². The maximum Gasteiger partial charge on any atom is 0.201 e. The molecule has 0 radical (unpaired) electrons. The molecule has 0 N–H and O–H groups in total. The highest BCUT2D eigenvalue weighted by molar-refractivity contribution is 5.92. The lowest BCUT2D eigenvalue weighted by Crippen LogP contribution is -2.27. The lowest BCUT2D eigenvalue weighted by atomic mass is 10.0. The highest BCUT2D eigenvalue weighted by Crippen LogP contribution is 2.20. The molecule has 19 heavy (non-hydrogen) atoms. The summed E-state index contributed by atoms with van der Waals surface area (Å²) in [6.07, 6.45) is 2.14. The first-order valence-corrected chi connectivity index (χ1v) is 6.46. The van der Waals surface area contributed by atoms with Crippen molar-refractivity contribution in [2.75, 3.05) is 14.1 Å². The molecule has 2 aromatic rings. The van der Waals surface area contributed by atoms with Gasteiger partial charge >= 0.3 is 0 Å². The second kappa shape index (κ2) is 5.27. The number of aryl methyl sites for hydroxylation is 1. The first-order chi connectivity index (χ1) is 9.00. The van der Waals surface area contributed by atoms with Crippen molar-refractivity contribution in [1.29, 1.82) is 0 Å². The van der Waals surface area contributed by atoms with Gasteiger partial charge in [-0.25, -0.2) is 0 Å². The number of hydrazone groups is 1. The number of benzene rings is 2. The molecule has 0 aliphatic rings. The molecular weight excluding hydrogens is 232 g/mol. The molecule has 2 aromatic carbocycles. The van der Waals surface area contributed by atoms with Gasteiger partial charge in [-0.15, -0.1) is 4.68 Å². The summed E-state index contributed by atoms with van der Waals surface area (Å²) < 4.78 is 2.06. The third-order valence-corrected chi connectivity index (χ3v) is 3.59. The molecule has 98 valence electrons. The molecule has 0 aliphatic heterocycles. The molecule has 0 atom stereocenters. The van der Waals surface area contributed by atoms with Gasteiger partial charge in [-0.2, -0.15) is 5.01 Å². The number of rotatable bonds is 3. The summed E-state index contributed by atoms with van der Waals surface area (Å²) in [7, 11) is 4.04. The number of fused-ring (bicyclic) bond motifs is 1. The van der Waals surface area contributed by atoms with Gasteiger partial charge in [0, 0.05) is 5.56 Å². The van der Waals surface area contributed by atoms with E-state index in [1.54, 1.807) is 0 Å². The molecule has 0 fully saturated rings. The predicted molar refractivity (Wildman–Crippen MR) is 82.6 cm³/mol. The maximum atomic E-state index is 3.95. The van der Waals surface area contributed by atoms with Crippen LogP contribution in [-0.4, -0.2) is 30.0 Å². The highest BCUT2D eigenvalue weighted by Gasteiger charge is 2.09. The van der Waals surface area contributed by atoms with Crippen LogP contribution in [0.5, 0.6) is 0 Å². The van der Waals surface area contributed by atoms with E-state index < -0.39 is 0 Å². The van der Waals surface area contributed by atoms with Crippen molar-refractivity contribution >= 4 is 17.0 Å². The third-order valence-electron chi connectivity index (χ3n) is 3.59. The van der Waals surface area contributed by atoms with Crippen molar-refractivity contribution in [2.45, 2.75) is 13.8 Å².